The Hall–Kier alpha value is -2.89. The zero-order valence-electron chi connectivity index (χ0n) is 17.2. The van der Waals surface area contributed by atoms with Gasteiger partial charge in [-0.05, 0) is 18.2 Å². The summed E-state index contributed by atoms with van der Waals surface area (Å²) < 4.78 is 10.6. The molecule has 0 bridgehead atoms. The number of benzene rings is 2. The normalized spacial score (nSPS) is 15.5. The topological polar surface area (TPSA) is 91.7 Å². The van der Waals surface area contributed by atoms with E-state index in [-0.39, 0.29) is 24.8 Å². The molecule has 1 aliphatic rings. The minimum Gasteiger partial charge on any atom is -0.495 e. The van der Waals surface area contributed by atoms with Crippen LogP contribution in [0.15, 0.2) is 41.3 Å². The molecule has 0 saturated carbocycles. The number of methoxy groups -OCH3 is 2. The maximum atomic E-state index is 12.9. The highest BCUT2D eigenvalue weighted by atomic mass is 35.5. The fraction of sp³-hybridized carbons (Fsp3) is 0.318. The molecule has 9 heteroatoms. The maximum absolute atomic E-state index is 12.9. The van der Waals surface area contributed by atoms with Crippen LogP contribution in [0.1, 0.15) is 12.8 Å². The van der Waals surface area contributed by atoms with Crippen molar-refractivity contribution in [3.05, 3.63) is 41.4 Å². The summed E-state index contributed by atoms with van der Waals surface area (Å²) in [4.78, 5) is 28.0. The molecule has 0 aromatic heterocycles. The number of thioether (sulfide) groups is 1. The summed E-state index contributed by atoms with van der Waals surface area (Å²) in [5, 5.41) is 12.0. The molecule has 1 saturated heterocycles. The van der Waals surface area contributed by atoms with Crippen LogP contribution in [-0.2, 0) is 9.59 Å². The number of anilines is 2. The summed E-state index contributed by atoms with van der Waals surface area (Å²) in [6.45, 7) is 0.216. The number of carbonyl (C=O) groups is 2. The second-order valence-corrected chi connectivity index (χ2v) is 8.35. The van der Waals surface area contributed by atoms with Gasteiger partial charge in [0.25, 0.3) is 0 Å². The first-order chi connectivity index (χ1) is 15.0. The van der Waals surface area contributed by atoms with E-state index in [1.165, 1.54) is 30.9 Å². The highest BCUT2D eigenvalue weighted by Gasteiger charge is 2.37. The summed E-state index contributed by atoms with van der Waals surface area (Å²) in [7, 11) is 3.00. The van der Waals surface area contributed by atoms with Gasteiger partial charge in [-0.3, -0.25) is 9.59 Å². The van der Waals surface area contributed by atoms with Crippen molar-refractivity contribution in [1.82, 2.24) is 0 Å². The molecule has 2 aromatic rings. The molecule has 31 heavy (non-hydrogen) atoms. The van der Waals surface area contributed by atoms with E-state index in [1.54, 1.807) is 12.1 Å². The molecule has 1 unspecified atom stereocenters. The Bertz CT molecular complexity index is 1020. The van der Waals surface area contributed by atoms with Crippen LogP contribution in [0.3, 0.4) is 0 Å². The smallest absolute Gasteiger partial charge is 0.229 e. The quantitative estimate of drug-likeness (QED) is 0.466. The Kier molecular flexibility index (Phi) is 7.66. The van der Waals surface area contributed by atoms with Gasteiger partial charge < -0.3 is 19.7 Å². The molecular formula is C22H22ClN3O4S. The third-order valence-electron chi connectivity index (χ3n) is 4.86. The third kappa shape index (κ3) is 5.24. The zero-order chi connectivity index (χ0) is 22.4. The van der Waals surface area contributed by atoms with Crippen LogP contribution in [0.5, 0.6) is 11.5 Å². The van der Waals surface area contributed by atoms with Gasteiger partial charge in [0, 0.05) is 36.1 Å². The van der Waals surface area contributed by atoms with Gasteiger partial charge in [-0.1, -0.05) is 23.7 Å². The van der Waals surface area contributed by atoms with Crippen LogP contribution in [0, 0.1) is 17.2 Å². The average molecular weight is 460 g/mol. The van der Waals surface area contributed by atoms with Crippen LogP contribution in [0.4, 0.5) is 11.4 Å². The lowest BCUT2D eigenvalue weighted by atomic mass is 10.1. The summed E-state index contributed by atoms with van der Waals surface area (Å²) >= 11 is 7.75. The lowest BCUT2D eigenvalue weighted by Gasteiger charge is -2.21. The number of para-hydroxylation sites is 1. The van der Waals surface area contributed by atoms with E-state index >= 15 is 0 Å². The molecular weight excluding hydrogens is 438 g/mol. The Balaban J connectivity index is 1.75. The molecule has 2 aromatic carbocycles. The van der Waals surface area contributed by atoms with Crippen LogP contribution in [0.2, 0.25) is 5.02 Å². The van der Waals surface area contributed by atoms with Crippen molar-refractivity contribution in [3.63, 3.8) is 0 Å². The monoisotopic (exact) mass is 459 g/mol. The lowest BCUT2D eigenvalue weighted by Crippen LogP contribution is -2.28. The van der Waals surface area contributed by atoms with Crippen molar-refractivity contribution in [1.29, 1.82) is 5.26 Å². The molecule has 1 fully saturated rings. The van der Waals surface area contributed by atoms with Crippen LogP contribution >= 0.6 is 23.4 Å². The summed E-state index contributed by atoms with van der Waals surface area (Å²) in [5.74, 6) is 0.579. The van der Waals surface area contributed by atoms with Crippen LogP contribution < -0.4 is 19.7 Å². The average Bonchev–Trinajstić information content (AvgIpc) is 3.16. The first-order valence-electron chi connectivity index (χ1n) is 9.60. The second-order valence-electron chi connectivity index (χ2n) is 6.81. The highest BCUT2D eigenvalue weighted by Crippen LogP contribution is 2.40. The molecule has 1 atom stereocenters. The number of ether oxygens (including phenoxy) is 2. The molecule has 162 valence electrons. The van der Waals surface area contributed by atoms with E-state index in [0.717, 1.165) is 4.90 Å². The Morgan fingerprint density at radius 3 is 2.74 bits per heavy atom. The number of hydrogen-bond donors (Lipinski definition) is 1. The summed E-state index contributed by atoms with van der Waals surface area (Å²) in [6.07, 6.45) is 0.508. The first kappa shape index (κ1) is 22.8. The molecule has 2 amide bonds. The van der Waals surface area contributed by atoms with E-state index in [0.29, 0.717) is 40.1 Å². The zero-order valence-corrected chi connectivity index (χ0v) is 18.8. The maximum Gasteiger partial charge on any atom is 0.229 e. The highest BCUT2D eigenvalue weighted by molar-refractivity contribution is 7.99. The van der Waals surface area contributed by atoms with Crippen molar-refractivity contribution >= 4 is 46.6 Å². The number of nitrogens with one attached hydrogen (secondary N) is 1. The number of amides is 2. The molecule has 0 radical (unpaired) electrons. The van der Waals surface area contributed by atoms with E-state index in [9.17, 15) is 9.59 Å². The minimum absolute atomic E-state index is 0.0857. The second kappa shape index (κ2) is 10.4. The molecule has 3 rings (SSSR count). The van der Waals surface area contributed by atoms with Crippen LogP contribution in [0.25, 0.3) is 0 Å². The number of carbonyl (C=O) groups excluding carboxylic acids is 2. The van der Waals surface area contributed by atoms with E-state index in [2.05, 4.69) is 11.4 Å². The van der Waals surface area contributed by atoms with Gasteiger partial charge in [0.15, 0.2) is 0 Å². The predicted molar refractivity (Wildman–Crippen MR) is 121 cm³/mol. The van der Waals surface area contributed by atoms with Crippen molar-refractivity contribution < 1.29 is 19.1 Å². The Labute approximate surface area is 190 Å². The van der Waals surface area contributed by atoms with Crippen molar-refractivity contribution in [2.45, 2.75) is 17.7 Å². The Morgan fingerprint density at radius 1 is 1.29 bits per heavy atom. The molecule has 0 spiro atoms. The van der Waals surface area contributed by atoms with Crippen molar-refractivity contribution in [2.75, 3.05) is 36.7 Å². The molecule has 1 heterocycles. The summed E-state index contributed by atoms with van der Waals surface area (Å²) in [6, 6.07) is 12.8. The van der Waals surface area contributed by atoms with Crippen molar-refractivity contribution in [3.8, 4) is 17.6 Å². The molecule has 0 aliphatic carbocycles. The fourth-order valence-electron chi connectivity index (χ4n) is 3.31. The van der Waals surface area contributed by atoms with Gasteiger partial charge >= 0.3 is 0 Å². The first-order valence-corrected chi connectivity index (χ1v) is 11.0. The molecule has 1 aliphatic heterocycles. The largest absolute Gasteiger partial charge is 0.495 e. The SMILES string of the molecule is COc1cc(OC)c(N2CC(C(=O)Nc3ccccc3SCCC#N)CC2=O)cc1Cl. The van der Waals surface area contributed by atoms with Crippen molar-refractivity contribution in [2.24, 2.45) is 5.92 Å². The number of halogens is 1. The number of nitriles is 1. The molecule has 7 nitrogen and oxygen atoms in total. The Morgan fingerprint density at radius 2 is 2.03 bits per heavy atom. The van der Waals surface area contributed by atoms with Gasteiger partial charge in [0.05, 0.1) is 42.6 Å². The third-order valence-corrected chi connectivity index (χ3v) is 6.23. The lowest BCUT2D eigenvalue weighted by molar-refractivity contribution is -0.122. The van der Waals surface area contributed by atoms with Gasteiger partial charge in [-0.15, -0.1) is 11.8 Å². The van der Waals surface area contributed by atoms with E-state index < -0.39 is 5.92 Å². The standard InChI is InChI=1S/C22H22ClN3O4S/c1-29-18-12-19(30-2)17(11-15(18)23)26-13-14(10-21(26)27)22(28)25-16-6-3-4-7-20(16)31-9-5-8-24/h3-4,6-7,11-12,14H,5,9-10,13H2,1-2H3,(H,25,28). The van der Waals surface area contributed by atoms with Gasteiger partial charge in [0.1, 0.15) is 11.5 Å². The van der Waals surface area contributed by atoms with Gasteiger partial charge in [0.2, 0.25) is 11.8 Å². The van der Waals surface area contributed by atoms with Crippen LogP contribution in [-0.4, -0.2) is 38.3 Å². The number of hydrogen-bond acceptors (Lipinski definition) is 6. The minimum atomic E-state index is -0.518. The van der Waals surface area contributed by atoms with Gasteiger partial charge in [-0.25, -0.2) is 0 Å². The van der Waals surface area contributed by atoms with Gasteiger partial charge in [-0.2, -0.15) is 5.26 Å². The fourth-order valence-corrected chi connectivity index (χ4v) is 4.41. The van der Waals surface area contributed by atoms with E-state index in [4.69, 9.17) is 26.3 Å². The summed E-state index contributed by atoms with van der Waals surface area (Å²) in [5.41, 5.74) is 1.17. The number of nitrogens with zero attached hydrogens (tertiary/aromatic N) is 2. The molecule has 1 N–H and O–H groups in total. The predicted octanol–water partition coefficient (Wildman–Crippen LogP) is 4.35. The number of rotatable bonds is 8. The van der Waals surface area contributed by atoms with E-state index in [1.807, 2.05) is 24.3 Å².